The molecule has 1 saturated heterocycles. The molecule has 7 heteroatoms. The molecule has 1 aromatic carbocycles. The zero-order valence-electron chi connectivity index (χ0n) is 11.0. The van der Waals surface area contributed by atoms with Crippen molar-refractivity contribution in [3.63, 3.8) is 0 Å². The van der Waals surface area contributed by atoms with Gasteiger partial charge in [0.25, 0.3) is 0 Å². The molecule has 1 aromatic rings. The van der Waals surface area contributed by atoms with Crippen molar-refractivity contribution >= 4 is 22.4 Å². The average Bonchev–Trinajstić information content (AvgIpc) is 2.76. The first-order valence-corrected chi connectivity index (χ1v) is 7.29. The normalized spacial score (nSPS) is 20.1. The summed E-state index contributed by atoms with van der Waals surface area (Å²) >= 11 is 0. The summed E-state index contributed by atoms with van der Waals surface area (Å²) in [6.45, 7) is 2.70. The minimum Gasteiger partial charge on any atom is -0.495 e. The highest BCUT2D eigenvalue weighted by molar-refractivity contribution is 7.89. The third kappa shape index (κ3) is 3.20. The van der Waals surface area contributed by atoms with Gasteiger partial charge in [-0.05, 0) is 31.0 Å². The lowest BCUT2D eigenvalue weighted by Crippen LogP contribution is -2.32. The standard InChI is InChI=1S/C12H18N2O3S.ClH/c1-9-3-4-11(17-2)12(7-9)18(15,16)14-6-5-10(13)8-14;/h3-4,7,10H,5-6,8,13H2,1-2H3;1H. The first-order chi connectivity index (χ1) is 8.45. The molecule has 2 N–H and O–H groups in total. The fourth-order valence-electron chi connectivity index (χ4n) is 2.10. The molecule has 1 heterocycles. The monoisotopic (exact) mass is 306 g/mol. The van der Waals surface area contributed by atoms with E-state index in [9.17, 15) is 8.42 Å². The molecule has 1 atom stereocenters. The molecular weight excluding hydrogens is 288 g/mol. The van der Waals surface area contributed by atoms with Crippen molar-refractivity contribution in [2.24, 2.45) is 5.73 Å². The van der Waals surface area contributed by atoms with Gasteiger partial charge in [-0.25, -0.2) is 8.42 Å². The second-order valence-corrected chi connectivity index (χ2v) is 6.47. The van der Waals surface area contributed by atoms with Gasteiger partial charge in [0.05, 0.1) is 7.11 Å². The van der Waals surface area contributed by atoms with E-state index in [1.54, 1.807) is 12.1 Å². The van der Waals surface area contributed by atoms with E-state index in [4.69, 9.17) is 10.5 Å². The maximum atomic E-state index is 12.5. The number of halogens is 1. The Hall–Kier alpha value is -0.820. The van der Waals surface area contributed by atoms with Gasteiger partial charge in [-0.1, -0.05) is 6.07 Å². The largest absolute Gasteiger partial charge is 0.495 e. The molecule has 0 spiro atoms. The molecule has 1 fully saturated rings. The maximum absolute atomic E-state index is 12.5. The van der Waals surface area contributed by atoms with Crippen LogP contribution in [0.2, 0.25) is 0 Å². The van der Waals surface area contributed by atoms with Gasteiger partial charge in [0.1, 0.15) is 10.6 Å². The van der Waals surface area contributed by atoms with Gasteiger partial charge in [-0.15, -0.1) is 12.4 Å². The minimum absolute atomic E-state index is 0. The lowest BCUT2D eigenvalue weighted by Gasteiger charge is -2.18. The molecule has 0 aromatic heterocycles. The Morgan fingerprint density at radius 3 is 2.63 bits per heavy atom. The summed E-state index contributed by atoms with van der Waals surface area (Å²) in [4.78, 5) is 0.221. The zero-order chi connectivity index (χ0) is 13.3. The molecule has 19 heavy (non-hydrogen) atoms. The number of benzene rings is 1. The van der Waals surface area contributed by atoms with Gasteiger partial charge in [0, 0.05) is 19.1 Å². The van der Waals surface area contributed by atoms with Gasteiger partial charge >= 0.3 is 0 Å². The Morgan fingerprint density at radius 1 is 1.42 bits per heavy atom. The van der Waals surface area contributed by atoms with Crippen molar-refractivity contribution in [3.8, 4) is 5.75 Å². The summed E-state index contributed by atoms with van der Waals surface area (Å²) < 4.78 is 31.6. The van der Waals surface area contributed by atoms with Crippen LogP contribution in [0.3, 0.4) is 0 Å². The number of hydrogen-bond acceptors (Lipinski definition) is 4. The van der Waals surface area contributed by atoms with Crippen LogP contribution < -0.4 is 10.5 Å². The van der Waals surface area contributed by atoms with Gasteiger partial charge < -0.3 is 10.5 Å². The van der Waals surface area contributed by atoms with Crippen LogP contribution in [0.15, 0.2) is 23.1 Å². The zero-order valence-corrected chi connectivity index (χ0v) is 12.6. The van der Waals surface area contributed by atoms with Crippen LogP contribution in [0.25, 0.3) is 0 Å². The molecule has 0 saturated carbocycles. The maximum Gasteiger partial charge on any atom is 0.246 e. The number of nitrogens with two attached hydrogens (primary N) is 1. The Morgan fingerprint density at radius 2 is 2.11 bits per heavy atom. The smallest absolute Gasteiger partial charge is 0.246 e. The number of nitrogens with zero attached hydrogens (tertiary/aromatic N) is 1. The van der Waals surface area contributed by atoms with E-state index in [-0.39, 0.29) is 23.3 Å². The van der Waals surface area contributed by atoms with Crippen molar-refractivity contribution in [2.75, 3.05) is 20.2 Å². The predicted octanol–water partition coefficient (Wildman–Crippen LogP) is 1.15. The molecule has 1 aliphatic rings. The predicted molar refractivity (Wildman–Crippen MR) is 76.3 cm³/mol. The third-order valence-electron chi connectivity index (χ3n) is 3.12. The van der Waals surface area contributed by atoms with E-state index in [2.05, 4.69) is 0 Å². The van der Waals surface area contributed by atoms with E-state index in [0.717, 1.165) is 5.56 Å². The van der Waals surface area contributed by atoms with Crippen LogP contribution in [0.1, 0.15) is 12.0 Å². The van der Waals surface area contributed by atoms with Crippen LogP contribution in [-0.2, 0) is 10.0 Å². The fraction of sp³-hybridized carbons (Fsp3) is 0.500. The minimum atomic E-state index is -3.51. The van der Waals surface area contributed by atoms with Gasteiger partial charge in [0.2, 0.25) is 10.0 Å². The molecule has 0 radical (unpaired) electrons. The van der Waals surface area contributed by atoms with Crippen LogP contribution in [0.5, 0.6) is 5.75 Å². The number of rotatable bonds is 3. The number of ether oxygens (including phenoxy) is 1. The lowest BCUT2D eigenvalue weighted by molar-refractivity contribution is 0.398. The number of methoxy groups -OCH3 is 1. The summed E-state index contributed by atoms with van der Waals surface area (Å²) in [6.07, 6.45) is 0.702. The average molecular weight is 307 g/mol. The highest BCUT2D eigenvalue weighted by atomic mass is 35.5. The second kappa shape index (κ2) is 6.09. The first-order valence-electron chi connectivity index (χ1n) is 5.85. The molecule has 0 amide bonds. The van der Waals surface area contributed by atoms with Crippen molar-refractivity contribution in [2.45, 2.75) is 24.3 Å². The topological polar surface area (TPSA) is 72.6 Å². The highest BCUT2D eigenvalue weighted by Crippen LogP contribution is 2.29. The van der Waals surface area contributed by atoms with Gasteiger partial charge in [0.15, 0.2) is 0 Å². The fourth-order valence-corrected chi connectivity index (χ4v) is 3.85. The molecule has 108 valence electrons. The SMILES string of the molecule is COc1ccc(C)cc1S(=O)(=O)N1CCC(N)C1.Cl. The van der Waals surface area contributed by atoms with E-state index in [1.807, 2.05) is 13.0 Å². The summed E-state index contributed by atoms with van der Waals surface area (Å²) in [5.41, 5.74) is 6.65. The number of aryl methyl sites for hydroxylation is 1. The Balaban J connectivity index is 0.00000180. The van der Waals surface area contributed by atoms with Gasteiger partial charge in [-0.3, -0.25) is 0 Å². The number of hydrogen-bond donors (Lipinski definition) is 1. The van der Waals surface area contributed by atoms with Crippen LogP contribution in [0, 0.1) is 6.92 Å². The molecule has 2 rings (SSSR count). The van der Waals surface area contributed by atoms with E-state index >= 15 is 0 Å². The summed E-state index contributed by atoms with van der Waals surface area (Å²) in [5.74, 6) is 0.376. The van der Waals surface area contributed by atoms with Crippen molar-refractivity contribution in [3.05, 3.63) is 23.8 Å². The molecule has 0 bridgehead atoms. The highest BCUT2D eigenvalue weighted by Gasteiger charge is 2.32. The van der Waals surface area contributed by atoms with E-state index < -0.39 is 10.0 Å². The van der Waals surface area contributed by atoms with E-state index in [1.165, 1.54) is 11.4 Å². The second-order valence-electron chi connectivity index (χ2n) is 4.57. The van der Waals surface area contributed by atoms with Crippen molar-refractivity contribution in [1.29, 1.82) is 0 Å². The Labute approximate surface area is 120 Å². The van der Waals surface area contributed by atoms with Crippen LogP contribution in [-0.4, -0.2) is 39.0 Å². The number of sulfonamides is 1. The summed E-state index contributed by atoms with van der Waals surface area (Å²) in [6, 6.07) is 5.07. The molecule has 5 nitrogen and oxygen atoms in total. The quantitative estimate of drug-likeness (QED) is 0.909. The van der Waals surface area contributed by atoms with Crippen LogP contribution >= 0.6 is 12.4 Å². The molecule has 1 aliphatic heterocycles. The molecular formula is C12H19ClN2O3S. The van der Waals surface area contributed by atoms with Crippen molar-refractivity contribution < 1.29 is 13.2 Å². The third-order valence-corrected chi connectivity index (χ3v) is 5.01. The lowest BCUT2D eigenvalue weighted by atomic mass is 10.2. The molecule has 0 aliphatic carbocycles. The molecule has 1 unspecified atom stereocenters. The summed E-state index contributed by atoms with van der Waals surface area (Å²) in [5, 5.41) is 0. The van der Waals surface area contributed by atoms with Crippen molar-refractivity contribution in [1.82, 2.24) is 4.31 Å². The summed E-state index contributed by atoms with van der Waals surface area (Å²) in [7, 11) is -2.04. The van der Waals surface area contributed by atoms with Crippen LogP contribution in [0.4, 0.5) is 0 Å². The Kier molecular flexibility index (Phi) is 5.20. The first kappa shape index (κ1) is 16.2. The van der Waals surface area contributed by atoms with E-state index in [0.29, 0.717) is 25.3 Å². The Bertz CT molecular complexity index is 548. The van der Waals surface area contributed by atoms with Gasteiger partial charge in [-0.2, -0.15) is 4.31 Å².